The summed E-state index contributed by atoms with van der Waals surface area (Å²) in [6.07, 6.45) is 2.19. The van der Waals surface area contributed by atoms with Crippen LogP contribution >= 0.6 is 94.1 Å². The van der Waals surface area contributed by atoms with E-state index in [0.29, 0.717) is 0 Å². The Morgan fingerprint density at radius 2 is 0.709 bits per heavy atom. The molecule has 36 heteroatoms. The molecule has 0 fully saturated rings. The van der Waals surface area contributed by atoms with E-state index < -0.39 is 94.6 Å². The molecule has 2 aromatic carbocycles. The fourth-order valence-electron chi connectivity index (χ4n) is 7.49. The predicted molar refractivity (Wildman–Crippen MR) is 298 cm³/mol. The third-order valence-electron chi connectivity index (χ3n) is 11.2. The van der Waals surface area contributed by atoms with Gasteiger partial charge >= 0.3 is 36.2 Å². The first-order valence-corrected chi connectivity index (χ1v) is 29.5. The highest BCUT2D eigenvalue weighted by Crippen LogP contribution is 2.70. The fraction of sp³-hybridized carbons (Fsp3) is 0.120. The Bertz CT molecular complexity index is 3780. The zero-order chi connectivity index (χ0) is 62.3. The molecule has 0 saturated heterocycles. The van der Waals surface area contributed by atoms with Gasteiger partial charge in [-0.15, -0.1) is 0 Å². The summed E-state index contributed by atoms with van der Waals surface area (Å²) in [5.74, 6) is -10.2. The molecule has 0 unspecified atom stereocenters. The van der Waals surface area contributed by atoms with Crippen molar-refractivity contribution < 1.29 is 105 Å². The average Bonchev–Trinajstić information content (AvgIpc) is 1.69. The monoisotopic (exact) mass is 1320 g/mol. The van der Waals surface area contributed by atoms with Gasteiger partial charge in [0.15, 0.2) is 23.0 Å². The molecule has 2 aromatic rings. The molecule has 4 N–H and O–H groups in total. The van der Waals surface area contributed by atoms with Crippen LogP contribution in [-0.4, -0.2) is 112 Å². The Hall–Kier alpha value is -8.88. The summed E-state index contributed by atoms with van der Waals surface area (Å²) in [5, 5.41) is 17.6. The first-order valence-electron chi connectivity index (χ1n) is 22.9. The van der Waals surface area contributed by atoms with Crippen LogP contribution in [0.2, 0.25) is 0 Å². The number of esters is 4. The Balaban J connectivity index is 0.000000206. The number of methoxy groups -OCH3 is 4. The van der Waals surface area contributed by atoms with Gasteiger partial charge in [-0.2, -0.15) is 5.26 Å². The fourth-order valence-corrected chi connectivity index (χ4v) is 18.4. The van der Waals surface area contributed by atoms with Crippen molar-refractivity contribution in [3.63, 3.8) is 0 Å². The Kier molecular flexibility index (Phi) is 17.9. The van der Waals surface area contributed by atoms with Crippen LogP contribution in [-0.2, 0) is 76.5 Å². The molecule has 0 bridgehead atoms. The van der Waals surface area contributed by atoms with Crippen LogP contribution in [0.4, 0.5) is 9.59 Å². The molecule has 0 saturated carbocycles. The standard InChI is InChI=1S/C26H16N2O12S4.C24H10N4O10S4/c1-7(29)39-13-15-17(43-25(41-15)11-5-9(23(35)37-3)19(31)27-21(11)33)14(40-8(2)30)18-16(13)42-26(44-18)12-6-10(24(36)38-4)20(32)28-22(12)34;1-26-10-5-9(19(31)28-20(10)32)22-41-15-11(37-23(33)35-2)13-14(12(16(15)42-22)38-24(34)36-3)40-21(39-13)8-4-7(6-25)17(29)27-18(8)30/h5-6H,1-4H3,(H,27,31,33)(H,28,32,34);4-5H,2-3H3,(H,27,29,30)(H,28,31,32). The summed E-state index contributed by atoms with van der Waals surface area (Å²) in [6.45, 7) is 9.54. The number of benzene rings is 2. The molecule has 8 amide bonds. The van der Waals surface area contributed by atoms with Crippen LogP contribution < -0.4 is 40.2 Å². The number of rotatable bonds is 6. The molecule has 10 rings (SSSR count). The summed E-state index contributed by atoms with van der Waals surface area (Å²) in [5.41, 5.74) is -1.66. The number of imide groups is 4. The van der Waals surface area contributed by atoms with Crippen molar-refractivity contribution in [3.8, 4) is 29.1 Å². The molecule has 0 radical (unpaired) electrons. The van der Waals surface area contributed by atoms with Crippen molar-refractivity contribution in [2.24, 2.45) is 0 Å². The number of carbonyl (C=O) groups excluding carboxylic acids is 14. The largest absolute Gasteiger partial charge is 0.513 e. The normalized spacial score (nSPS) is 17.3. The molecule has 28 nitrogen and oxygen atoms in total. The van der Waals surface area contributed by atoms with Crippen molar-refractivity contribution in [3.05, 3.63) is 97.4 Å². The minimum absolute atomic E-state index is 0.0218. The SMILES string of the molecule is COC(=O)C1=CC(=C2Sc3c(OC(C)=O)c4c(c(OC(C)=O)c3S2)SC(=C2C=C(C(=O)OC)C(=O)NC2=O)S4)C(=O)NC1=O.[C-]#[N+]C1=CC(=C2Sc3c(OC(=O)OC)c4c(c(OC(=O)OC)c3S2)SC(=C2C=C(C#N)C(=O)NC2=O)S4)C(=O)NC1=O. The highest BCUT2D eigenvalue weighted by Gasteiger charge is 2.45. The Morgan fingerprint density at radius 3 is 1.00 bits per heavy atom. The number of nitriles is 1. The lowest BCUT2D eigenvalue weighted by atomic mass is 10.1. The van der Waals surface area contributed by atoms with Gasteiger partial charge in [-0.05, 0) is 24.3 Å². The summed E-state index contributed by atoms with van der Waals surface area (Å²) in [6, 6.07) is 1.71. The third kappa shape index (κ3) is 11.8. The van der Waals surface area contributed by atoms with Crippen LogP contribution in [0.15, 0.2) is 125 Å². The lowest BCUT2D eigenvalue weighted by molar-refractivity contribution is -0.140. The van der Waals surface area contributed by atoms with Crippen molar-refractivity contribution in [2.75, 3.05) is 28.4 Å². The number of hydrogen-bond donors (Lipinski definition) is 4. The van der Waals surface area contributed by atoms with Crippen molar-refractivity contribution >= 4 is 178 Å². The molecule has 0 spiro atoms. The van der Waals surface area contributed by atoms with Crippen LogP contribution in [0.25, 0.3) is 4.85 Å². The Labute approximate surface area is 513 Å². The van der Waals surface area contributed by atoms with E-state index in [9.17, 15) is 72.4 Å². The van der Waals surface area contributed by atoms with Gasteiger partial charge in [0.25, 0.3) is 53.0 Å². The maximum Gasteiger partial charge on any atom is 0.513 e. The Morgan fingerprint density at radius 1 is 0.419 bits per heavy atom. The van der Waals surface area contributed by atoms with Crippen LogP contribution in [0.3, 0.4) is 0 Å². The minimum atomic E-state index is -1.11. The molecule has 0 aliphatic carbocycles. The lowest BCUT2D eigenvalue weighted by Crippen LogP contribution is -2.39. The second kappa shape index (κ2) is 25.0. The molecular weight excluding hydrogens is 1290 g/mol. The second-order valence-electron chi connectivity index (χ2n) is 16.4. The molecule has 8 aliphatic heterocycles. The number of carbonyl (C=O) groups is 14. The topological polar surface area (TPSA) is 389 Å². The van der Waals surface area contributed by atoms with Gasteiger partial charge in [-0.3, -0.25) is 69.2 Å². The van der Waals surface area contributed by atoms with E-state index in [-0.39, 0.29) is 113 Å². The van der Waals surface area contributed by atoms with Crippen molar-refractivity contribution in [1.29, 1.82) is 5.26 Å². The van der Waals surface area contributed by atoms with E-state index >= 15 is 0 Å². The van der Waals surface area contributed by atoms with Gasteiger partial charge in [0.05, 0.1) is 113 Å². The number of amides is 8. The lowest BCUT2D eigenvalue weighted by Gasteiger charge is -2.15. The number of thioether (sulfide) groups is 8. The zero-order valence-electron chi connectivity index (χ0n) is 43.5. The number of fused-ring (bicyclic) bond motifs is 4. The van der Waals surface area contributed by atoms with Gasteiger partial charge in [0.1, 0.15) is 22.8 Å². The predicted octanol–water partition coefficient (Wildman–Crippen LogP) is 5.23. The number of nitrogens with one attached hydrogen (secondary N) is 4. The third-order valence-corrected chi connectivity index (χ3v) is 21.7. The van der Waals surface area contributed by atoms with Gasteiger partial charge < -0.3 is 37.9 Å². The van der Waals surface area contributed by atoms with Gasteiger partial charge in [0, 0.05) is 13.8 Å². The molecule has 0 atom stereocenters. The van der Waals surface area contributed by atoms with E-state index in [1.54, 1.807) is 6.07 Å². The van der Waals surface area contributed by atoms with Gasteiger partial charge in [0.2, 0.25) is 0 Å². The number of nitrogens with zero attached hydrogens (tertiary/aromatic N) is 2. The molecular formula is C50H26N6O22S8. The summed E-state index contributed by atoms with van der Waals surface area (Å²) < 4.78 is 41.8. The van der Waals surface area contributed by atoms with Crippen LogP contribution in [0, 0.1) is 17.9 Å². The quantitative estimate of drug-likeness (QED) is 0.0420. The summed E-state index contributed by atoms with van der Waals surface area (Å²) in [7, 11) is 4.32. The van der Waals surface area contributed by atoms with E-state index in [1.807, 2.05) is 0 Å². The maximum atomic E-state index is 12.8. The minimum Gasteiger partial charge on any atom is -0.465 e. The second-order valence-corrected chi connectivity index (χ2v) is 25.6. The maximum absolute atomic E-state index is 12.8. The van der Waals surface area contributed by atoms with E-state index in [4.69, 9.17) is 25.5 Å². The van der Waals surface area contributed by atoms with E-state index in [2.05, 4.69) is 45.1 Å². The highest BCUT2D eigenvalue weighted by molar-refractivity contribution is 8.26. The molecule has 436 valence electrons. The van der Waals surface area contributed by atoms with E-state index in [1.165, 1.54) is 0 Å². The summed E-state index contributed by atoms with van der Waals surface area (Å²) >= 11 is 7.58. The summed E-state index contributed by atoms with van der Waals surface area (Å²) in [4.78, 5) is 178. The van der Waals surface area contributed by atoms with Crippen LogP contribution in [0.1, 0.15) is 13.8 Å². The first-order chi connectivity index (χ1) is 40.9. The van der Waals surface area contributed by atoms with Gasteiger partial charge in [-0.1, -0.05) is 94.1 Å². The highest BCUT2D eigenvalue weighted by atomic mass is 32.2. The van der Waals surface area contributed by atoms with Crippen molar-refractivity contribution in [2.45, 2.75) is 53.0 Å². The van der Waals surface area contributed by atoms with E-state index in [0.717, 1.165) is 161 Å². The molecule has 8 heterocycles. The number of hydrogen-bond acceptors (Lipinski definition) is 31. The molecule has 0 aromatic heterocycles. The van der Waals surface area contributed by atoms with Crippen molar-refractivity contribution in [1.82, 2.24) is 21.3 Å². The smallest absolute Gasteiger partial charge is 0.465 e. The zero-order valence-corrected chi connectivity index (χ0v) is 50.0. The molecule has 86 heavy (non-hydrogen) atoms. The molecule has 8 aliphatic rings. The van der Waals surface area contributed by atoms with Crippen LogP contribution in [0.5, 0.6) is 23.0 Å². The number of ether oxygens (including phenoxy) is 8. The first kappa shape index (κ1) is 61.7. The van der Waals surface area contributed by atoms with Gasteiger partial charge in [-0.25, -0.2) is 24.0 Å². The average molecular weight is 1320 g/mol.